The molecule has 10 nitrogen and oxygen atoms in total. The lowest BCUT2D eigenvalue weighted by atomic mass is 9.92. The molecule has 0 saturated heterocycles. The van der Waals surface area contributed by atoms with Gasteiger partial charge in [0, 0.05) is 31.0 Å². The monoisotopic (exact) mass is 553 g/mol. The molecule has 1 aliphatic rings. The summed E-state index contributed by atoms with van der Waals surface area (Å²) in [7, 11) is -4.04. The molecule has 4 unspecified atom stereocenters. The molecule has 0 fully saturated rings. The number of amides is 1. The van der Waals surface area contributed by atoms with E-state index in [1.54, 1.807) is 0 Å². The second-order valence-corrected chi connectivity index (χ2v) is 11.6. The van der Waals surface area contributed by atoms with Crippen molar-refractivity contribution in [2.24, 2.45) is 5.92 Å². The lowest BCUT2D eigenvalue weighted by molar-refractivity contribution is -0.384. The molecule has 0 aliphatic heterocycles. The average Bonchev–Trinajstić information content (AvgIpc) is 3.21. The lowest BCUT2D eigenvalue weighted by Crippen LogP contribution is -2.41. The third-order valence-corrected chi connectivity index (χ3v) is 8.30. The first kappa shape index (κ1) is 28.4. The number of aliphatic hydroxyl groups excluding tert-OH is 2. The normalized spacial score (nSPS) is 18.2. The van der Waals surface area contributed by atoms with Gasteiger partial charge in [-0.15, -0.1) is 0 Å². The first-order valence-electron chi connectivity index (χ1n) is 12.6. The van der Waals surface area contributed by atoms with Crippen LogP contribution in [0.3, 0.4) is 0 Å². The van der Waals surface area contributed by atoms with Crippen LogP contribution in [0.4, 0.5) is 5.69 Å². The standard InChI is InChI=1S/C28H31N3O7S/c1-18-7-12-25-20(13-18)16-26(33)27(25)30-28(34)21(14-19-5-3-2-4-6-19)15-23(32)17-29-39(37,38)24-10-8-22(9-11-24)31(35)36/h2-13,21,23,26-27,29,32-33H,14-17H2,1H3,(H,30,34). The predicted molar refractivity (Wildman–Crippen MR) is 144 cm³/mol. The van der Waals surface area contributed by atoms with E-state index in [0.717, 1.165) is 46.5 Å². The van der Waals surface area contributed by atoms with Gasteiger partial charge < -0.3 is 15.5 Å². The topological polar surface area (TPSA) is 159 Å². The van der Waals surface area contributed by atoms with Crippen molar-refractivity contribution < 1.29 is 28.3 Å². The molecule has 206 valence electrons. The number of nitrogens with one attached hydrogen (secondary N) is 2. The summed E-state index contributed by atoms with van der Waals surface area (Å²) in [5.74, 6) is -1.05. The van der Waals surface area contributed by atoms with E-state index in [1.165, 1.54) is 0 Å². The Labute approximate surface area is 226 Å². The number of aryl methyl sites for hydroxylation is 1. The van der Waals surface area contributed by atoms with E-state index in [9.17, 15) is 33.5 Å². The lowest BCUT2D eigenvalue weighted by Gasteiger charge is -2.24. The first-order valence-corrected chi connectivity index (χ1v) is 14.1. The number of carbonyl (C=O) groups excluding carboxylic acids is 1. The zero-order chi connectivity index (χ0) is 28.2. The van der Waals surface area contributed by atoms with Crippen LogP contribution in [0, 0.1) is 23.0 Å². The number of nitro groups is 1. The molecule has 0 spiro atoms. The molecule has 4 atom stereocenters. The highest BCUT2D eigenvalue weighted by atomic mass is 32.2. The minimum atomic E-state index is -4.04. The number of carbonyl (C=O) groups is 1. The summed E-state index contributed by atoms with van der Waals surface area (Å²) in [4.78, 5) is 23.5. The van der Waals surface area contributed by atoms with Crippen LogP contribution < -0.4 is 10.0 Å². The number of aliphatic hydroxyl groups is 2. The Morgan fingerprint density at radius 1 is 1.10 bits per heavy atom. The van der Waals surface area contributed by atoms with Crippen LogP contribution in [0.2, 0.25) is 0 Å². The summed E-state index contributed by atoms with van der Waals surface area (Å²) in [6, 6.07) is 18.9. The van der Waals surface area contributed by atoms with Crippen molar-refractivity contribution in [3.05, 3.63) is 105 Å². The highest BCUT2D eigenvalue weighted by Crippen LogP contribution is 2.32. The van der Waals surface area contributed by atoms with Gasteiger partial charge in [-0.2, -0.15) is 0 Å². The SMILES string of the molecule is Cc1ccc2c(c1)CC(O)C2NC(=O)C(Cc1ccccc1)CC(O)CNS(=O)(=O)c1ccc([N+](=O)[O-])cc1. The summed E-state index contributed by atoms with van der Waals surface area (Å²) >= 11 is 0. The fourth-order valence-corrected chi connectivity index (χ4v) is 5.91. The Balaban J connectivity index is 1.44. The molecule has 4 rings (SSSR count). The van der Waals surface area contributed by atoms with Gasteiger partial charge in [0.15, 0.2) is 0 Å². The number of hydrogen-bond acceptors (Lipinski definition) is 7. The van der Waals surface area contributed by atoms with Crippen LogP contribution in [0.1, 0.15) is 34.7 Å². The van der Waals surface area contributed by atoms with E-state index >= 15 is 0 Å². The fourth-order valence-electron chi connectivity index (χ4n) is 4.84. The number of non-ortho nitro benzene ring substituents is 1. The van der Waals surface area contributed by atoms with Gasteiger partial charge in [0.1, 0.15) is 0 Å². The van der Waals surface area contributed by atoms with Crippen molar-refractivity contribution in [3.63, 3.8) is 0 Å². The predicted octanol–water partition coefficient (Wildman–Crippen LogP) is 2.57. The molecule has 39 heavy (non-hydrogen) atoms. The molecule has 1 amide bonds. The van der Waals surface area contributed by atoms with Gasteiger partial charge in [0.25, 0.3) is 5.69 Å². The number of hydrogen-bond donors (Lipinski definition) is 4. The second kappa shape index (κ2) is 12.0. The Morgan fingerprint density at radius 2 is 1.79 bits per heavy atom. The van der Waals surface area contributed by atoms with Crippen molar-refractivity contribution in [2.75, 3.05) is 6.54 Å². The molecular formula is C28H31N3O7S. The Kier molecular flexibility index (Phi) is 8.76. The average molecular weight is 554 g/mol. The van der Waals surface area contributed by atoms with E-state index < -0.39 is 39.1 Å². The van der Waals surface area contributed by atoms with Gasteiger partial charge in [-0.25, -0.2) is 13.1 Å². The molecule has 0 radical (unpaired) electrons. The minimum absolute atomic E-state index is 0.0346. The van der Waals surface area contributed by atoms with Crippen LogP contribution in [-0.2, 0) is 27.7 Å². The molecule has 1 aliphatic carbocycles. The molecule has 3 aromatic rings. The number of rotatable bonds is 11. The van der Waals surface area contributed by atoms with E-state index in [2.05, 4.69) is 10.0 Å². The Bertz CT molecular complexity index is 1430. The van der Waals surface area contributed by atoms with Gasteiger partial charge in [-0.1, -0.05) is 54.1 Å². The van der Waals surface area contributed by atoms with E-state index in [-0.39, 0.29) is 29.5 Å². The van der Waals surface area contributed by atoms with Gasteiger partial charge >= 0.3 is 0 Å². The summed E-state index contributed by atoms with van der Waals surface area (Å²) < 4.78 is 27.6. The van der Waals surface area contributed by atoms with Crippen LogP contribution in [0.15, 0.2) is 77.7 Å². The van der Waals surface area contributed by atoms with Crippen LogP contribution in [0.5, 0.6) is 0 Å². The number of nitrogens with zero attached hydrogens (tertiary/aromatic N) is 1. The van der Waals surface area contributed by atoms with Crippen molar-refractivity contribution in [3.8, 4) is 0 Å². The molecule has 4 N–H and O–H groups in total. The largest absolute Gasteiger partial charge is 0.392 e. The summed E-state index contributed by atoms with van der Waals surface area (Å²) in [6.07, 6.45) is -1.27. The highest BCUT2D eigenvalue weighted by Gasteiger charge is 2.34. The number of fused-ring (bicyclic) bond motifs is 1. The van der Waals surface area contributed by atoms with Crippen LogP contribution >= 0.6 is 0 Å². The molecular weight excluding hydrogens is 522 g/mol. The van der Waals surface area contributed by atoms with E-state index in [0.29, 0.717) is 12.8 Å². The van der Waals surface area contributed by atoms with Crippen LogP contribution in [-0.4, -0.2) is 48.2 Å². The number of sulfonamides is 1. The van der Waals surface area contributed by atoms with Gasteiger partial charge in [-0.3, -0.25) is 14.9 Å². The van der Waals surface area contributed by atoms with Gasteiger partial charge in [0.2, 0.25) is 15.9 Å². The minimum Gasteiger partial charge on any atom is -0.392 e. The van der Waals surface area contributed by atoms with Crippen LogP contribution in [0.25, 0.3) is 0 Å². The smallest absolute Gasteiger partial charge is 0.269 e. The van der Waals surface area contributed by atoms with Gasteiger partial charge in [0.05, 0.1) is 28.1 Å². The zero-order valence-corrected chi connectivity index (χ0v) is 22.2. The molecule has 0 heterocycles. The molecule has 0 saturated carbocycles. The summed E-state index contributed by atoms with van der Waals surface area (Å²) in [5, 5.41) is 35.2. The first-order chi connectivity index (χ1) is 18.5. The quantitative estimate of drug-likeness (QED) is 0.210. The van der Waals surface area contributed by atoms with E-state index in [4.69, 9.17) is 0 Å². The maximum Gasteiger partial charge on any atom is 0.269 e. The van der Waals surface area contributed by atoms with Crippen molar-refractivity contribution in [1.29, 1.82) is 0 Å². The molecule has 0 aromatic heterocycles. The summed E-state index contributed by atoms with van der Waals surface area (Å²) in [6.45, 7) is 1.61. The maximum absolute atomic E-state index is 13.4. The maximum atomic E-state index is 13.4. The fraction of sp³-hybridized carbons (Fsp3) is 0.321. The van der Waals surface area contributed by atoms with Crippen molar-refractivity contribution >= 4 is 21.6 Å². The second-order valence-electron chi connectivity index (χ2n) is 9.84. The van der Waals surface area contributed by atoms with Gasteiger partial charge in [-0.05, 0) is 48.6 Å². The Morgan fingerprint density at radius 3 is 2.46 bits per heavy atom. The number of benzene rings is 3. The molecule has 11 heteroatoms. The molecule has 0 bridgehead atoms. The molecule has 3 aromatic carbocycles. The third-order valence-electron chi connectivity index (χ3n) is 6.86. The third kappa shape index (κ3) is 7.07. The zero-order valence-electron chi connectivity index (χ0n) is 21.4. The number of nitro benzene ring substituents is 1. The Hall–Kier alpha value is -3.64. The van der Waals surface area contributed by atoms with Crippen molar-refractivity contribution in [2.45, 2.75) is 49.3 Å². The summed E-state index contributed by atoms with van der Waals surface area (Å²) in [5.41, 5.74) is 3.53. The van der Waals surface area contributed by atoms with Crippen molar-refractivity contribution in [1.82, 2.24) is 10.0 Å². The van der Waals surface area contributed by atoms with E-state index in [1.807, 2.05) is 55.5 Å². The highest BCUT2D eigenvalue weighted by molar-refractivity contribution is 7.89.